The molecule has 0 saturated heterocycles. The molecule has 3 nitrogen and oxygen atoms in total. The summed E-state index contributed by atoms with van der Waals surface area (Å²) in [6.07, 6.45) is 0. The van der Waals surface area contributed by atoms with Gasteiger partial charge in [0, 0.05) is 32.5 Å². The van der Waals surface area contributed by atoms with Gasteiger partial charge in [-0.15, -0.1) is 0 Å². The Labute approximate surface area is 283 Å². The average Bonchev–Trinajstić information content (AvgIpc) is 3.03. The maximum atomic E-state index is 6.38. The van der Waals surface area contributed by atoms with Crippen LogP contribution >= 0.6 is 11.8 Å². The molecule has 1 aliphatic rings. The lowest BCUT2D eigenvalue weighted by molar-refractivity contribution is 1.11. The van der Waals surface area contributed by atoms with Crippen LogP contribution in [0.3, 0.4) is 0 Å². The SMILES string of the molecule is Cc1cc(C)c(N2c3ccc(N)cc3Sc3c2cc(C)c(-c2c(C)cc(N(c4ccccc4)c4ccccc4)cc2C)c3C)c(C)c1. The van der Waals surface area contributed by atoms with Gasteiger partial charge < -0.3 is 15.5 Å². The summed E-state index contributed by atoms with van der Waals surface area (Å²) in [7, 11) is 0. The van der Waals surface area contributed by atoms with E-state index in [1.807, 2.05) is 17.8 Å². The molecule has 0 atom stereocenters. The summed E-state index contributed by atoms with van der Waals surface area (Å²) in [6.45, 7) is 15.7. The second kappa shape index (κ2) is 12.0. The standard InChI is InChI=1S/C43H41N3S/c1-26-20-30(5)42(31(6)21-26)46-37-19-18-33(44)25-39(37)47-43-32(7)41(29(4)24-38(43)46)40-27(2)22-36(23-28(40)3)45(34-14-10-8-11-15-34)35-16-12-9-13-17-35/h8-25H,44H2,1-7H3. The molecule has 1 heterocycles. The van der Waals surface area contributed by atoms with Crippen LogP contribution in [0.4, 0.5) is 39.8 Å². The first-order valence-electron chi connectivity index (χ1n) is 16.2. The third-order valence-corrected chi connectivity index (χ3v) is 10.6. The fourth-order valence-corrected chi connectivity index (χ4v) is 8.68. The van der Waals surface area contributed by atoms with Crippen molar-refractivity contribution in [2.75, 3.05) is 15.5 Å². The van der Waals surface area contributed by atoms with E-state index in [1.54, 1.807) is 0 Å². The van der Waals surface area contributed by atoms with Gasteiger partial charge in [0.05, 0.1) is 17.1 Å². The molecule has 47 heavy (non-hydrogen) atoms. The van der Waals surface area contributed by atoms with E-state index in [1.165, 1.54) is 76.9 Å². The number of aryl methyl sites for hydroxylation is 6. The van der Waals surface area contributed by atoms with Crippen LogP contribution in [0, 0.1) is 48.5 Å². The molecule has 0 amide bonds. The van der Waals surface area contributed by atoms with E-state index >= 15 is 0 Å². The van der Waals surface area contributed by atoms with Gasteiger partial charge >= 0.3 is 0 Å². The van der Waals surface area contributed by atoms with Gasteiger partial charge in [-0.3, -0.25) is 0 Å². The summed E-state index contributed by atoms with van der Waals surface area (Å²) in [5.74, 6) is 0. The molecule has 1 aliphatic heterocycles. The number of anilines is 7. The van der Waals surface area contributed by atoms with Gasteiger partial charge in [-0.05, 0) is 154 Å². The number of para-hydroxylation sites is 2. The van der Waals surface area contributed by atoms with Gasteiger partial charge in [0.25, 0.3) is 0 Å². The molecule has 2 N–H and O–H groups in total. The quantitative estimate of drug-likeness (QED) is 0.192. The number of hydrogen-bond acceptors (Lipinski definition) is 4. The predicted octanol–water partition coefficient (Wildman–Crippen LogP) is 12.5. The second-order valence-corrected chi connectivity index (χ2v) is 14.0. The minimum absolute atomic E-state index is 0.783. The van der Waals surface area contributed by atoms with Crippen molar-refractivity contribution in [2.45, 2.75) is 58.3 Å². The van der Waals surface area contributed by atoms with Gasteiger partial charge in [-0.25, -0.2) is 0 Å². The summed E-state index contributed by atoms with van der Waals surface area (Å²) in [5.41, 5.74) is 25.8. The van der Waals surface area contributed by atoms with Gasteiger partial charge in [-0.2, -0.15) is 0 Å². The third-order valence-electron chi connectivity index (χ3n) is 9.29. The number of hydrogen-bond donors (Lipinski definition) is 1. The van der Waals surface area contributed by atoms with Crippen molar-refractivity contribution >= 4 is 51.6 Å². The van der Waals surface area contributed by atoms with Crippen LogP contribution in [-0.2, 0) is 0 Å². The Hall–Kier alpha value is -4.93. The lowest BCUT2D eigenvalue weighted by atomic mass is 9.88. The van der Waals surface area contributed by atoms with Crippen molar-refractivity contribution in [3.05, 3.63) is 148 Å². The minimum Gasteiger partial charge on any atom is -0.399 e. The van der Waals surface area contributed by atoms with E-state index in [0.29, 0.717) is 0 Å². The Morgan fingerprint density at radius 2 is 1.09 bits per heavy atom. The van der Waals surface area contributed by atoms with Gasteiger partial charge in [0.2, 0.25) is 0 Å². The molecular formula is C43H41N3S. The highest BCUT2D eigenvalue weighted by Crippen LogP contribution is 2.56. The molecule has 0 unspecified atom stereocenters. The van der Waals surface area contributed by atoms with E-state index in [0.717, 1.165) is 22.7 Å². The van der Waals surface area contributed by atoms with Crippen LogP contribution in [0.15, 0.2) is 119 Å². The molecule has 0 fully saturated rings. The minimum atomic E-state index is 0.783. The number of nitrogens with zero attached hydrogens (tertiary/aromatic N) is 2. The summed E-state index contributed by atoms with van der Waals surface area (Å²) >= 11 is 1.84. The molecule has 0 aromatic heterocycles. The maximum absolute atomic E-state index is 6.38. The fraction of sp³-hybridized carbons (Fsp3) is 0.163. The van der Waals surface area contributed by atoms with Gasteiger partial charge in [0.1, 0.15) is 0 Å². The van der Waals surface area contributed by atoms with Crippen molar-refractivity contribution in [1.29, 1.82) is 0 Å². The molecule has 0 spiro atoms. The molecule has 6 aromatic rings. The third kappa shape index (κ3) is 5.37. The molecular weight excluding hydrogens is 591 g/mol. The normalized spacial score (nSPS) is 12.1. The Bertz CT molecular complexity index is 2070. The number of rotatable bonds is 5. The van der Waals surface area contributed by atoms with Crippen molar-refractivity contribution in [1.82, 2.24) is 0 Å². The smallest absolute Gasteiger partial charge is 0.0607 e. The first-order valence-corrected chi connectivity index (χ1v) is 17.1. The Balaban J connectivity index is 1.41. The lowest BCUT2D eigenvalue weighted by Gasteiger charge is -2.37. The van der Waals surface area contributed by atoms with Gasteiger partial charge in [0.15, 0.2) is 0 Å². The molecule has 0 aliphatic carbocycles. The molecule has 7 rings (SSSR count). The summed E-state index contributed by atoms with van der Waals surface area (Å²) in [4.78, 5) is 7.27. The average molecular weight is 632 g/mol. The molecule has 0 saturated carbocycles. The van der Waals surface area contributed by atoms with Crippen LogP contribution in [-0.4, -0.2) is 0 Å². The van der Waals surface area contributed by atoms with Crippen molar-refractivity contribution in [3.8, 4) is 11.1 Å². The van der Waals surface area contributed by atoms with E-state index in [4.69, 9.17) is 5.73 Å². The van der Waals surface area contributed by atoms with Crippen molar-refractivity contribution < 1.29 is 0 Å². The molecule has 0 bridgehead atoms. The number of fused-ring (bicyclic) bond motifs is 2. The zero-order valence-electron chi connectivity index (χ0n) is 28.3. The van der Waals surface area contributed by atoms with Crippen LogP contribution in [0.1, 0.15) is 38.9 Å². The van der Waals surface area contributed by atoms with E-state index in [2.05, 4.69) is 161 Å². The van der Waals surface area contributed by atoms with E-state index in [9.17, 15) is 0 Å². The first-order chi connectivity index (χ1) is 22.6. The van der Waals surface area contributed by atoms with Crippen molar-refractivity contribution in [3.63, 3.8) is 0 Å². The van der Waals surface area contributed by atoms with Crippen molar-refractivity contribution in [2.24, 2.45) is 0 Å². The van der Waals surface area contributed by atoms with Crippen LogP contribution < -0.4 is 15.5 Å². The topological polar surface area (TPSA) is 32.5 Å². The fourth-order valence-electron chi connectivity index (χ4n) is 7.49. The zero-order valence-corrected chi connectivity index (χ0v) is 29.1. The lowest BCUT2D eigenvalue weighted by Crippen LogP contribution is -2.18. The van der Waals surface area contributed by atoms with E-state index in [-0.39, 0.29) is 0 Å². The van der Waals surface area contributed by atoms with Crippen LogP contribution in [0.5, 0.6) is 0 Å². The van der Waals surface area contributed by atoms with E-state index < -0.39 is 0 Å². The highest BCUT2D eigenvalue weighted by molar-refractivity contribution is 7.99. The number of nitrogen functional groups attached to an aromatic ring is 1. The largest absolute Gasteiger partial charge is 0.399 e. The molecule has 6 aromatic carbocycles. The highest BCUT2D eigenvalue weighted by atomic mass is 32.2. The Kier molecular flexibility index (Phi) is 7.85. The Morgan fingerprint density at radius 3 is 1.66 bits per heavy atom. The summed E-state index contributed by atoms with van der Waals surface area (Å²) in [5, 5.41) is 0. The molecule has 234 valence electrons. The zero-order chi connectivity index (χ0) is 33.0. The van der Waals surface area contributed by atoms with Gasteiger partial charge in [-0.1, -0.05) is 65.9 Å². The second-order valence-electron chi connectivity index (χ2n) is 12.9. The highest BCUT2D eigenvalue weighted by Gasteiger charge is 2.31. The summed E-state index contributed by atoms with van der Waals surface area (Å²) in [6, 6.07) is 39.2. The molecule has 4 heteroatoms. The maximum Gasteiger partial charge on any atom is 0.0607 e. The Morgan fingerprint density at radius 1 is 0.532 bits per heavy atom. The predicted molar refractivity (Wildman–Crippen MR) is 203 cm³/mol. The van der Waals surface area contributed by atoms with Crippen LogP contribution in [0.25, 0.3) is 11.1 Å². The first kappa shape index (κ1) is 30.7. The number of benzene rings is 6. The molecule has 0 radical (unpaired) electrons. The summed E-state index contributed by atoms with van der Waals surface area (Å²) < 4.78 is 0. The monoisotopic (exact) mass is 631 g/mol. The number of nitrogens with two attached hydrogens (primary N) is 1. The van der Waals surface area contributed by atoms with Crippen LogP contribution in [0.2, 0.25) is 0 Å².